The maximum Gasteiger partial charge on any atom is 0.416 e. The van der Waals surface area contributed by atoms with E-state index in [9.17, 15) is 18.0 Å². The molecule has 22 heavy (non-hydrogen) atoms. The zero-order valence-electron chi connectivity index (χ0n) is 11.2. The van der Waals surface area contributed by atoms with Crippen molar-refractivity contribution in [3.8, 4) is 0 Å². The summed E-state index contributed by atoms with van der Waals surface area (Å²) in [5.41, 5.74) is -0.0201. The number of halogens is 4. The molecule has 0 radical (unpaired) electrons. The number of carbonyl (C=O) groups is 1. The number of amides is 1. The first-order valence-electron chi connectivity index (χ1n) is 6.21. The summed E-state index contributed by atoms with van der Waals surface area (Å²) in [4.78, 5) is 12.3. The number of hydrogen-bond acceptors (Lipinski definition) is 2. The molecule has 0 fully saturated rings. The summed E-state index contributed by atoms with van der Waals surface area (Å²) in [6.07, 6.45) is -4.38. The zero-order valence-corrected chi connectivity index (χ0v) is 14.1. The molecule has 0 bridgehead atoms. The minimum absolute atomic E-state index is 0.0479. The fourth-order valence-corrected chi connectivity index (χ4v) is 2.94. The van der Waals surface area contributed by atoms with Crippen molar-refractivity contribution in [2.45, 2.75) is 11.1 Å². The number of anilines is 1. The van der Waals surface area contributed by atoms with Gasteiger partial charge in [0.05, 0.1) is 17.0 Å². The van der Waals surface area contributed by atoms with Crippen LogP contribution in [0.3, 0.4) is 0 Å². The molecule has 0 aliphatic heterocycles. The van der Waals surface area contributed by atoms with E-state index >= 15 is 0 Å². The van der Waals surface area contributed by atoms with Crippen LogP contribution >= 0.6 is 34.4 Å². The smallest absolute Gasteiger partial charge is 0.324 e. The van der Waals surface area contributed by atoms with Crippen LogP contribution in [0.2, 0.25) is 0 Å². The second kappa shape index (κ2) is 7.36. The largest absolute Gasteiger partial charge is 0.416 e. The van der Waals surface area contributed by atoms with E-state index in [1.54, 1.807) is 18.2 Å². The Labute approximate surface area is 143 Å². The van der Waals surface area contributed by atoms with Crippen LogP contribution in [-0.2, 0) is 11.0 Å². The Morgan fingerprint density at radius 3 is 2.55 bits per heavy atom. The number of alkyl halides is 3. The highest BCUT2D eigenvalue weighted by Crippen LogP contribution is 2.31. The highest BCUT2D eigenvalue weighted by atomic mass is 127. The third kappa shape index (κ3) is 4.91. The zero-order chi connectivity index (χ0) is 16.2. The molecule has 0 heterocycles. The first kappa shape index (κ1) is 17.1. The average molecular weight is 437 g/mol. The molecule has 0 saturated carbocycles. The molecule has 0 spiro atoms. The predicted octanol–water partition coefficient (Wildman–Crippen LogP) is 5.04. The van der Waals surface area contributed by atoms with Gasteiger partial charge in [0.15, 0.2) is 0 Å². The van der Waals surface area contributed by atoms with E-state index < -0.39 is 11.7 Å². The van der Waals surface area contributed by atoms with Gasteiger partial charge in [-0.15, -0.1) is 11.8 Å². The van der Waals surface area contributed by atoms with E-state index in [1.807, 2.05) is 12.1 Å². The van der Waals surface area contributed by atoms with Crippen LogP contribution in [0.4, 0.5) is 18.9 Å². The molecule has 0 saturated heterocycles. The van der Waals surface area contributed by atoms with Crippen molar-refractivity contribution < 1.29 is 18.0 Å². The fraction of sp³-hybridized carbons (Fsp3) is 0.133. The molecule has 2 rings (SSSR count). The highest BCUT2D eigenvalue weighted by Gasteiger charge is 2.30. The monoisotopic (exact) mass is 437 g/mol. The number of benzene rings is 2. The van der Waals surface area contributed by atoms with Crippen LogP contribution in [0.15, 0.2) is 53.4 Å². The van der Waals surface area contributed by atoms with Crippen LogP contribution in [0.25, 0.3) is 0 Å². The van der Waals surface area contributed by atoms with Gasteiger partial charge >= 0.3 is 6.18 Å². The second-order valence-corrected chi connectivity index (χ2v) is 6.55. The minimum atomic E-state index is -4.38. The Morgan fingerprint density at radius 2 is 1.86 bits per heavy atom. The summed E-state index contributed by atoms with van der Waals surface area (Å²) in [6.45, 7) is 0. The Morgan fingerprint density at radius 1 is 1.14 bits per heavy atom. The number of thioether (sulfide) groups is 1. The van der Waals surface area contributed by atoms with Gasteiger partial charge in [-0.05, 0) is 52.9 Å². The third-order valence-electron chi connectivity index (χ3n) is 2.68. The first-order valence-corrected chi connectivity index (χ1v) is 8.27. The van der Waals surface area contributed by atoms with Crippen molar-refractivity contribution in [2.24, 2.45) is 0 Å². The lowest BCUT2D eigenvalue weighted by Gasteiger charge is -2.09. The molecule has 2 aromatic carbocycles. The van der Waals surface area contributed by atoms with Crippen LogP contribution in [0.1, 0.15) is 5.56 Å². The Balaban J connectivity index is 1.96. The van der Waals surface area contributed by atoms with Gasteiger partial charge in [-0.25, -0.2) is 0 Å². The standard InChI is InChI=1S/C15H11F3INOS/c16-15(17,18)10-4-3-5-11(8-10)22-9-14(21)20-13-7-2-1-6-12(13)19/h1-8H,9H2,(H,20,21). The number of para-hydroxylation sites is 1. The van der Waals surface area contributed by atoms with Crippen LogP contribution in [0.5, 0.6) is 0 Å². The van der Waals surface area contributed by atoms with Gasteiger partial charge < -0.3 is 5.32 Å². The molecule has 2 nitrogen and oxygen atoms in total. The Hall–Kier alpha value is -1.22. The molecule has 0 aromatic heterocycles. The molecule has 7 heteroatoms. The van der Waals surface area contributed by atoms with E-state index in [0.29, 0.717) is 10.6 Å². The lowest BCUT2D eigenvalue weighted by molar-refractivity contribution is -0.137. The molecule has 0 aliphatic carbocycles. The van der Waals surface area contributed by atoms with Crippen LogP contribution < -0.4 is 5.32 Å². The van der Waals surface area contributed by atoms with Gasteiger partial charge in [-0.2, -0.15) is 13.2 Å². The Bertz CT molecular complexity index is 676. The lowest BCUT2D eigenvalue weighted by atomic mass is 10.2. The van der Waals surface area contributed by atoms with Crippen molar-refractivity contribution in [3.63, 3.8) is 0 Å². The molecular weight excluding hydrogens is 426 g/mol. The second-order valence-electron chi connectivity index (χ2n) is 4.34. The van der Waals surface area contributed by atoms with Crippen molar-refractivity contribution in [1.82, 2.24) is 0 Å². The molecule has 1 N–H and O–H groups in total. The summed E-state index contributed by atoms with van der Waals surface area (Å²) in [6, 6.07) is 12.2. The molecule has 116 valence electrons. The summed E-state index contributed by atoms with van der Waals surface area (Å²) >= 11 is 3.17. The molecule has 0 aliphatic rings. The van der Waals surface area contributed by atoms with Gasteiger partial charge in [-0.3, -0.25) is 4.79 Å². The van der Waals surface area contributed by atoms with Gasteiger partial charge in [-0.1, -0.05) is 18.2 Å². The third-order valence-corrected chi connectivity index (χ3v) is 4.61. The van der Waals surface area contributed by atoms with Gasteiger partial charge in [0.1, 0.15) is 0 Å². The van der Waals surface area contributed by atoms with Crippen molar-refractivity contribution in [2.75, 3.05) is 11.1 Å². The average Bonchev–Trinajstić information content (AvgIpc) is 2.47. The molecule has 0 atom stereocenters. The summed E-state index contributed by atoms with van der Waals surface area (Å²) in [7, 11) is 0. The molecule has 1 amide bonds. The molecule has 2 aromatic rings. The number of carbonyl (C=O) groups excluding carboxylic acids is 1. The number of rotatable bonds is 4. The summed E-state index contributed by atoms with van der Waals surface area (Å²) in [5, 5.41) is 2.74. The minimum Gasteiger partial charge on any atom is -0.324 e. The summed E-state index contributed by atoms with van der Waals surface area (Å²) in [5.74, 6) is -0.210. The predicted molar refractivity (Wildman–Crippen MR) is 90.0 cm³/mol. The van der Waals surface area contributed by atoms with E-state index in [0.717, 1.165) is 27.5 Å². The number of hydrogen-bond donors (Lipinski definition) is 1. The fourth-order valence-electron chi connectivity index (χ4n) is 1.66. The van der Waals surface area contributed by atoms with Crippen molar-refractivity contribution in [3.05, 3.63) is 57.7 Å². The normalized spacial score (nSPS) is 11.3. The topological polar surface area (TPSA) is 29.1 Å². The Kier molecular flexibility index (Phi) is 5.74. The van der Waals surface area contributed by atoms with E-state index in [2.05, 4.69) is 27.9 Å². The van der Waals surface area contributed by atoms with E-state index in [1.165, 1.54) is 6.07 Å². The highest BCUT2D eigenvalue weighted by molar-refractivity contribution is 14.1. The maximum atomic E-state index is 12.6. The van der Waals surface area contributed by atoms with Gasteiger partial charge in [0.25, 0.3) is 0 Å². The van der Waals surface area contributed by atoms with Gasteiger partial charge in [0.2, 0.25) is 5.91 Å². The summed E-state index contributed by atoms with van der Waals surface area (Å²) < 4.78 is 38.7. The SMILES string of the molecule is O=C(CSc1cccc(C(F)(F)F)c1)Nc1ccccc1I. The number of nitrogens with one attached hydrogen (secondary N) is 1. The van der Waals surface area contributed by atoms with E-state index in [-0.39, 0.29) is 11.7 Å². The first-order chi connectivity index (χ1) is 10.4. The maximum absolute atomic E-state index is 12.6. The molecular formula is C15H11F3INOS. The molecule has 0 unspecified atom stereocenters. The van der Waals surface area contributed by atoms with Crippen LogP contribution in [0, 0.1) is 3.57 Å². The van der Waals surface area contributed by atoms with Crippen LogP contribution in [-0.4, -0.2) is 11.7 Å². The van der Waals surface area contributed by atoms with Crippen molar-refractivity contribution >= 4 is 45.9 Å². The van der Waals surface area contributed by atoms with Gasteiger partial charge in [0, 0.05) is 8.47 Å². The quantitative estimate of drug-likeness (QED) is 0.537. The van der Waals surface area contributed by atoms with E-state index in [4.69, 9.17) is 0 Å². The van der Waals surface area contributed by atoms with Crippen molar-refractivity contribution in [1.29, 1.82) is 0 Å². The lowest BCUT2D eigenvalue weighted by Crippen LogP contribution is -2.14.